The van der Waals surface area contributed by atoms with Crippen molar-refractivity contribution in [2.45, 2.75) is 18.9 Å². The Balaban J connectivity index is 1.39. The quantitative estimate of drug-likeness (QED) is 0.798. The SMILES string of the molecule is Cn1cncc1C(=O)NC1CCN(c2ccc3ccccc3n2)CC1. The van der Waals surface area contributed by atoms with E-state index in [9.17, 15) is 4.79 Å². The van der Waals surface area contributed by atoms with Crippen LogP contribution in [0.4, 0.5) is 5.82 Å². The number of hydrogen-bond donors (Lipinski definition) is 1. The molecule has 1 aromatic carbocycles. The lowest BCUT2D eigenvalue weighted by molar-refractivity contribution is 0.0923. The molecule has 25 heavy (non-hydrogen) atoms. The first-order valence-corrected chi connectivity index (χ1v) is 8.58. The minimum atomic E-state index is -0.0534. The van der Waals surface area contributed by atoms with E-state index in [0.29, 0.717) is 5.69 Å². The predicted octanol–water partition coefficient (Wildman–Crippen LogP) is 2.37. The minimum Gasteiger partial charge on any atom is -0.356 e. The third-order valence-corrected chi connectivity index (χ3v) is 4.79. The van der Waals surface area contributed by atoms with Crippen molar-refractivity contribution in [2.24, 2.45) is 7.05 Å². The number of anilines is 1. The van der Waals surface area contributed by atoms with E-state index in [1.54, 1.807) is 17.1 Å². The van der Waals surface area contributed by atoms with E-state index in [0.717, 1.165) is 42.7 Å². The standard InChI is InChI=1S/C19H21N5O/c1-23-13-20-12-17(23)19(25)21-15-8-10-24(11-9-15)18-7-6-14-4-2-3-5-16(14)22-18/h2-7,12-13,15H,8-11H2,1H3,(H,21,25). The van der Waals surface area contributed by atoms with Gasteiger partial charge in [-0.2, -0.15) is 0 Å². The van der Waals surface area contributed by atoms with Crippen molar-refractivity contribution in [2.75, 3.05) is 18.0 Å². The molecule has 1 aliphatic heterocycles. The Morgan fingerprint density at radius 2 is 1.96 bits per heavy atom. The van der Waals surface area contributed by atoms with Gasteiger partial charge < -0.3 is 14.8 Å². The molecule has 0 aliphatic carbocycles. The van der Waals surface area contributed by atoms with Gasteiger partial charge in [-0.15, -0.1) is 0 Å². The molecule has 1 aliphatic rings. The zero-order valence-electron chi connectivity index (χ0n) is 14.2. The van der Waals surface area contributed by atoms with Crippen molar-refractivity contribution in [1.82, 2.24) is 19.9 Å². The molecule has 1 fully saturated rings. The van der Waals surface area contributed by atoms with Crippen molar-refractivity contribution in [3.05, 3.63) is 54.6 Å². The van der Waals surface area contributed by atoms with Crippen molar-refractivity contribution in [3.8, 4) is 0 Å². The van der Waals surface area contributed by atoms with Crippen molar-refractivity contribution in [3.63, 3.8) is 0 Å². The van der Waals surface area contributed by atoms with E-state index in [1.807, 2.05) is 25.2 Å². The topological polar surface area (TPSA) is 63.1 Å². The summed E-state index contributed by atoms with van der Waals surface area (Å²) in [7, 11) is 1.83. The van der Waals surface area contributed by atoms with E-state index in [1.165, 1.54) is 0 Å². The Hall–Kier alpha value is -2.89. The predicted molar refractivity (Wildman–Crippen MR) is 97.7 cm³/mol. The average Bonchev–Trinajstić information content (AvgIpc) is 3.08. The molecule has 0 spiro atoms. The molecule has 3 aromatic rings. The van der Waals surface area contributed by atoms with Gasteiger partial charge in [0.15, 0.2) is 0 Å². The number of benzene rings is 1. The van der Waals surface area contributed by atoms with Crippen LogP contribution in [-0.2, 0) is 7.05 Å². The zero-order valence-corrected chi connectivity index (χ0v) is 14.2. The summed E-state index contributed by atoms with van der Waals surface area (Å²) in [6.07, 6.45) is 5.07. The summed E-state index contributed by atoms with van der Waals surface area (Å²) >= 11 is 0. The number of nitrogens with zero attached hydrogens (tertiary/aromatic N) is 4. The number of amides is 1. The maximum Gasteiger partial charge on any atom is 0.269 e. The van der Waals surface area contributed by atoms with Gasteiger partial charge in [-0.05, 0) is 31.0 Å². The van der Waals surface area contributed by atoms with Crippen LogP contribution in [0.2, 0.25) is 0 Å². The maximum atomic E-state index is 12.3. The highest BCUT2D eigenvalue weighted by molar-refractivity contribution is 5.92. The fourth-order valence-electron chi connectivity index (χ4n) is 3.32. The highest BCUT2D eigenvalue weighted by Crippen LogP contribution is 2.21. The third-order valence-electron chi connectivity index (χ3n) is 4.79. The second-order valence-electron chi connectivity index (χ2n) is 6.49. The second-order valence-corrected chi connectivity index (χ2v) is 6.49. The third kappa shape index (κ3) is 3.20. The van der Waals surface area contributed by atoms with Gasteiger partial charge in [0, 0.05) is 31.6 Å². The molecule has 0 radical (unpaired) electrons. The summed E-state index contributed by atoms with van der Waals surface area (Å²) < 4.78 is 1.74. The Morgan fingerprint density at radius 1 is 1.16 bits per heavy atom. The molecule has 128 valence electrons. The number of pyridine rings is 1. The van der Waals surface area contributed by atoms with E-state index >= 15 is 0 Å². The molecular formula is C19H21N5O. The van der Waals surface area contributed by atoms with Crippen LogP contribution in [0.3, 0.4) is 0 Å². The molecule has 1 N–H and O–H groups in total. The molecule has 3 heterocycles. The largest absolute Gasteiger partial charge is 0.356 e. The number of imidazole rings is 1. The van der Waals surface area contributed by atoms with Gasteiger partial charge >= 0.3 is 0 Å². The number of piperidine rings is 1. The fraction of sp³-hybridized carbons (Fsp3) is 0.316. The number of fused-ring (bicyclic) bond motifs is 1. The lowest BCUT2D eigenvalue weighted by atomic mass is 10.0. The van der Waals surface area contributed by atoms with Crippen molar-refractivity contribution < 1.29 is 4.79 Å². The molecule has 1 saturated heterocycles. The van der Waals surface area contributed by atoms with E-state index < -0.39 is 0 Å². The highest BCUT2D eigenvalue weighted by Gasteiger charge is 2.22. The zero-order chi connectivity index (χ0) is 17.2. The average molecular weight is 335 g/mol. The first-order chi connectivity index (χ1) is 12.2. The molecule has 4 rings (SSSR count). The van der Waals surface area contributed by atoms with Gasteiger partial charge in [-0.25, -0.2) is 9.97 Å². The molecule has 6 nitrogen and oxygen atoms in total. The Labute approximate surface area is 146 Å². The maximum absolute atomic E-state index is 12.3. The number of nitrogens with one attached hydrogen (secondary N) is 1. The van der Waals surface area contributed by atoms with Gasteiger partial charge in [-0.3, -0.25) is 4.79 Å². The smallest absolute Gasteiger partial charge is 0.269 e. The molecule has 0 saturated carbocycles. The van der Waals surface area contributed by atoms with Crippen LogP contribution >= 0.6 is 0 Å². The Morgan fingerprint density at radius 3 is 2.72 bits per heavy atom. The Bertz CT molecular complexity index is 895. The van der Waals surface area contributed by atoms with Crippen molar-refractivity contribution in [1.29, 1.82) is 0 Å². The minimum absolute atomic E-state index is 0.0534. The summed E-state index contributed by atoms with van der Waals surface area (Å²) in [6, 6.07) is 12.6. The fourth-order valence-corrected chi connectivity index (χ4v) is 3.32. The van der Waals surface area contributed by atoms with Crippen LogP contribution in [-0.4, -0.2) is 39.6 Å². The number of carbonyl (C=O) groups excluding carboxylic acids is 1. The number of aryl methyl sites for hydroxylation is 1. The number of para-hydroxylation sites is 1. The summed E-state index contributed by atoms with van der Waals surface area (Å²) in [5.41, 5.74) is 1.62. The lowest BCUT2D eigenvalue weighted by Gasteiger charge is -2.33. The summed E-state index contributed by atoms with van der Waals surface area (Å²) in [6.45, 7) is 1.78. The number of rotatable bonds is 3. The lowest BCUT2D eigenvalue weighted by Crippen LogP contribution is -2.45. The van der Waals surface area contributed by atoms with Gasteiger partial charge in [0.05, 0.1) is 18.0 Å². The van der Waals surface area contributed by atoms with Gasteiger partial charge in [-0.1, -0.05) is 18.2 Å². The molecule has 1 amide bonds. The van der Waals surface area contributed by atoms with Crippen LogP contribution in [0.25, 0.3) is 10.9 Å². The number of aromatic nitrogens is 3. The summed E-state index contributed by atoms with van der Waals surface area (Å²) in [5.74, 6) is 0.956. The van der Waals surface area contributed by atoms with E-state index in [-0.39, 0.29) is 11.9 Å². The van der Waals surface area contributed by atoms with Crippen LogP contribution in [0.15, 0.2) is 48.9 Å². The summed E-state index contributed by atoms with van der Waals surface area (Å²) in [4.78, 5) is 23.3. The molecule has 0 unspecified atom stereocenters. The monoisotopic (exact) mass is 335 g/mol. The van der Waals surface area contributed by atoms with E-state index in [2.05, 4.69) is 33.4 Å². The normalized spacial score (nSPS) is 15.5. The van der Waals surface area contributed by atoms with Gasteiger partial charge in [0.1, 0.15) is 11.5 Å². The van der Waals surface area contributed by atoms with Crippen LogP contribution in [0, 0.1) is 0 Å². The van der Waals surface area contributed by atoms with Gasteiger partial charge in [0.25, 0.3) is 5.91 Å². The van der Waals surface area contributed by atoms with Crippen LogP contribution in [0.1, 0.15) is 23.3 Å². The molecule has 2 aromatic heterocycles. The molecule has 6 heteroatoms. The second kappa shape index (κ2) is 6.55. The first kappa shape index (κ1) is 15.6. The molecular weight excluding hydrogens is 314 g/mol. The number of hydrogen-bond acceptors (Lipinski definition) is 4. The van der Waals surface area contributed by atoms with Gasteiger partial charge in [0.2, 0.25) is 0 Å². The van der Waals surface area contributed by atoms with Crippen molar-refractivity contribution >= 4 is 22.6 Å². The Kier molecular flexibility index (Phi) is 4.09. The van der Waals surface area contributed by atoms with E-state index in [4.69, 9.17) is 4.98 Å². The molecule has 0 atom stereocenters. The van der Waals surface area contributed by atoms with Crippen LogP contribution in [0.5, 0.6) is 0 Å². The first-order valence-electron chi connectivity index (χ1n) is 8.58. The number of carbonyl (C=O) groups is 1. The highest BCUT2D eigenvalue weighted by atomic mass is 16.2. The summed E-state index contributed by atoms with van der Waals surface area (Å²) in [5, 5.41) is 4.27. The van der Waals surface area contributed by atoms with Crippen LogP contribution < -0.4 is 10.2 Å². The molecule has 0 bridgehead atoms.